The molecular weight excluding hydrogens is 286 g/mol. The number of carbonyl (C=O) groups excluding carboxylic acids is 1. The van der Waals surface area contributed by atoms with Gasteiger partial charge in [0.25, 0.3) is 0 Å². The summed E-state index contributed by atoms with van der Waals surface area (Å²) in [6, 6.07) is 0.505. The molecule has 1 amide bonds. The molecule has 0 aliphatic carbocycles. The van der Waals surface area contributed by atoms with Gasteiger partial charge < -0.3 is 15.0 Å². The smallest absolute Gasteiger partial charge is 0.409 e. The third-order valence-corrected chi connectivity index (χ3v) is 4.94. The summed E-state index contributed by atoms with van der Waals surface area (Å²) >= 11 is 1.79. The second-order valence-corrected chi connectivity index (χ2v) is 6.69. The normalized spacial score (nSPS) is 16.2. The highest BCUT2D eigenvalue weighted by Crippen LogP contribution is 2.17. The predicted molar refractivity (Wildman–Crippen MR) is 84.9 cm³/mol. The van der Waals surface area contributed by atoms with E-state index >= 15 is 0 Å². The number of ether oxygens (including phenoxy) is 1. The molecule has 1 aliphatic rings. The molecule has 1 saturated heterocycles. The SMILES string of the molecule is CCOC(=O)N1CCC(NCCc2sc(C)nc2C)CC1. The van der Waals surface area contributed by atoms with Crippen LogP contribution in [0, 0.1) is 13.8 Å². The molecule has 1 aromatic rings. The Labute approximate surface area is 130 Å². The number of nitrogens with zero attached hydrogens (tertiary/aromatic N) is 2. The Morgan fingerprint density at radius 3 is 2.71 bits per heavy atom. The Hall–Kier alpha value is -1.14. The quantitative estimate of drug-likeness (QED) is 0.908. The second-order valence-electron chi connectivity index (χ2n) is 5.41. The van der Waals surface area contributed by atoms with Crippen LogP contribution in [0.15, 0.2) is 0 Å². The third kappa shape index (κ3) is 4.68. The van der Waals surface area contributed by atoms with E-state index in [9.17, 15) is 4.79 Å². The number of likely N-dealkylation sites (tertiary alicyclic amines) is 1. The zero-order valence-electron chi connectivity index (χ0n) is 13.1. The van der Waals surface area contributed by atoms with Crippen LogP contribution in [-0.4, -0.2) is 48.3 Å². The van der Waals surface area contributed by atoms with Gasteiger partial charge in [-0.15, -0.1) is 11.3 Å². The van der Waals surface area contributed by atoms with Crippen molar-refractivity contribution in [2.24, 2.45) is 0 Å². The number of aryl methyl sites for hydroxylation is 2. The topological polar surface area (TPSA) is 54.5 Å². The van der Waals surface area contributed by atoms with Crippen LogP contribution in [-0.2, 0) is 11.2 Å². The zero-order chi connectivity index (χ0) is 15.2. The van der Waals surface area contributed by atoms with Gasteiger partial charge in [0, 0.05) is 30.6 Å². The molecule has 2 heterocycles. The van der Waals surface area contributed by atoms with Crippen molar-refractivity contribution < 1.29 is 9.53 Å². The molecule has 5 nitrogen and oxygen atoms in total. The van der Waals surface area contributed by atoms with Gasteiger partial charge in [0.2, 0.25) is 0 Å². The van der Waals surface area contributed by atoms with Gasteiger partial charge in [0.15, 0.2) is 0 Å². The second kappa shape index (κ2) is 7.75. The molecule has 0 atom stereocenters. The molecule has 0 radical (unpaired) electrons. The van der Waals surface area contributed by atoms with Gasteiger partial charge in [-0.2, -0.15) is 0 Å². The minimum Gasteiger partial charge on any atom is -0.450 e. The van der Waals surface area contributed by atoms with Crippen molar-refractivity contribution in [2.75, 3.05) is 26.2 Å². The lowest BCUT2D eigenvalue weighted by atomic mass is 10.1. The number of nitrogens with one attached hydrogen (secondary N) is 1. The Morgan fingerprint density at radius 2 is 2.14 bits per heavy atom. The van der Waals surface area contributed by atoms with Crippen LogP contribution < -0.4 is 5.32 Å². The van der Waals surface area contributed by atoms with Crippen molar-refractivity contribution in [3.8, 4) is 0 Å². The summed E-state index contributed by atoms with van der Waals surface area (Å²) in [7, 11) is 0. The lowest BCUT2D eigenvalue weighted by molar-refractivity contribution is 0.0952. The van der Waals surface area contributed by atoms with Crippen molar-refractivity contribution in [1.82, 2.24) is 15.2 Å². The van der Waals surface area contributed by atoms with Gasteiger partial charge in [-0.05, 0) is 40.0 Å². The largest absolute Gasteiger partial charge is 0.450 e. The fraction of sp³-hybridized carbons (Fsp3) is 0.733. The van der Waals surface area contributed by atoms with E-state index in [2.05, 4.69) is 24.1 Å². The molecule has 0 spiro atoms. The minimum atomic E-state index is -0.174. The first-order valence-electron chi connectivity index (χ1n) is 7.68. The van der Waals surface area contributed by atoms with Crippen molar-refractivity contribution in [2.45, 2.75) is 46.1 Å². The predicted octanol–water partition coefficient (Wildman–Crippen LogP) is 2.51. The standard InChI is InChI=1S/C15H25N3O2S/c1-4-20-15(19)18-9-6-13(7-10-18)16-8-5-14-11(2)17-12(3)21-14/h13,16H,4-10H2,1-3H3. The first-order valence-corrected chi connectivity index (χ1v) is 8.49. The molecule has 2 rings (SSSR count). The Balaban J connectivity index is 1.67. The molecular formula is C15H25N3O2S. The van der Waals surface area contributed by atoms with Gasteiger partial charge in [0.05, 0.1) is 17.3 Å². The highest BCUT2D eigenvalue weighted by Gasteiger charge is 2.23. The minimum absolute atomic E-state index is 0.174. The van der Waals surface area contributed by atoms with E-state index in [4.69, 9.17) is 4.74 Å². The van der Waals surface area contributed by atoms with E-state index in [0.717, 1.165) is 49.6 Å². The van der Waals surface area contributed by atoms with Gasteiger partial charge >= 0.3 is 6.09 Å². The number of amides is 1. The van der Waals surface area contributed by atoms with Crippen molar-refractivity contribution in [1.29, 1.82) is 0 Å². The van der Waals surface area contributed by atoms with Gasteiger partial charge in [-0.3, -0.25) is 0 Å². The van der Waals surface area contributed by atoms with Crippen LogP contribution in [0.1, 0.15) is 35.3 Å². The van der Waals surface area contributed by atoms with Crippen LogP contribution in [0.3, 0.4) is 0 Å². The molecule has 1 aromatic heterocycles. The summed E-state index contributed by atoms with van der Waals surface area (Å²) in [4.78, 5) is 19.3. The molecule has 1 aliphatic heterocycles. The van der Waals surface area contributed by atoms with E-state index in [1.54, 1.807) is 16.2 Å². The van der Waals surface area contributed by atoms with Crippen molar-refractivity contribution in [3.05, 3.63) is 15.6 Å². The highest BCUT2D eigenvalue weighted by atomic mass is 32.1. The Kier molecular flexibility index (Phi) is 5.99. The Bertz CT molecular complexity index is 467. The van der Waals surface area contributed by atoms with Crippen LogP contribution in [0.25, 0.3) is 0 Å². The van der Waals surface area contributed by atoms with E-state index in [1.165, 1.54) is 4.88 Å². The highest BCUT2D eigenvalue weighted by molar-refractivity contribution is 7.11. The number of carbonyl (C=O) groups is 1. The lowest BCUT2D eigenvalue weighted by Crippen LogP contribution is -2.45. The molecule has 118 valence electrons. The first-order chi connectivity index (χ1) is 10.1. The van der Waals surface area contributed by atoms with Crippen molar-refractivity contribution >= 4 is 17.4 Å². The summed E-state index contributed by atoms with van der Waals surface area (Å²) in [6.45, 7) is 8.98. The zero-order valence-corrected chi connectivity index (χ0v) is 14.0. The van der Waals surface area contributed by atoms with Gasteiger partial charge in [-0.25, -0.2) is 9.78 Å². The molecule has 0 unspecified atom stereocenters. The lowest BCUT2D eigenvalue weighted by Gasteiger charge is -2.31. The maximum absolute atomic E-state index is 11.6. The first kappa shape index (κ1) is 16.2. The maximum Gasteiger partial charge on any atom is 0.409 e. The molecule has 1 fully saturated rings. The van der Waals surface area contributed by atoms with Crippen LogP contribution in [0.5, 0.6) is 0 Å². The number of hydrogen-bond donors (Lipinski definition) is 1. The average molecular weight is 311 g/mol. The number of thiazole rings is 1. The van der Waals surface area contributed by atoms with E-state index < -0.39 is 0 Å². The summed E-state index contributed by atoms with van der Waals surface area (Å²) < 4.78 is 5.03. The van der Waals surface area contributed by atoms with Crippen LogP contribution >= 0.6 is 11.3 Å². The van der Waals surface area contributed by atoms with E-state index in [-0.39, 0.29) is 6.09 Å². The van der Waals surface area contributed by atoms with Gasteiger partial charge in [0.1, 0.15) is 0 Å². The molecule has 0 bridgehead atoms. The number of piperidine rings is 1. The monoisotopic (exact) mass is 311 g/mol. The summed E-state index contributed by atoms with van der Waals surface area (Å²) in [5, 5.41) is 4.74. The van der Waals surface area contributed by atoms with E-state index in [1.807, 2.05) is 6.92 Å². The number of rotatable bonds is 5. The number of aromatic nitrogens is 1. The van der Waals surface area contributed by atoms with Crippen molar-refractivity contribution in [3.63, 3.8) is 0 Å². The van der Waals surface area contributed by atoms with Crippen LogP contribution in [0.4, 0.5) is 4.79 Å². The average Bonchev–Trinajstić information content (AvgIpc) is 2.78. The van der Waals surface area contributed by atoms with Crippen LogP contribution in [0.2, 0.25) is 0 Å². The number of hydrogen-bond acceptors (Lipinski definition) is 5. The van der Waals surface area contributed by atoms with E-state index in [0.29, 0.717) is 12.6 Å². The summed E-state index contributed by atoms with van der Waals surface area (Å²) in [6.07, 6.45) is 2.86. The fourth-order valence-corrected chi connectivity index (χ4v) is 3.61. The maximum atomic E-state index is 11.6. The molecule has 1 N–H and O–H groups in total. The summed E-state index contributed by atoms with van der Waals surface area (Å²) in [5.74, 6) is 0. The summed E-state index contributed by atoms with van der Waals surface area (Å²) in [5.41, 5.74) is 1.16. The third-order valence-electron chi connectivity index (χ3n) is 3.81. The molecule has 0 saturated carbocycles. The Morgan fingerprint density at radius 1 is 1.43 bits per heavy atom. The molecule has 6 heteroatoms. The van der Waals surface area contributed by atoms with Gasteiger partial charge in [-0.1, -0.05) is 0 Å². The molecule has 21 heavy (non-hydrogen) atoms. The molecule has 0 aromatic carbocycles. The fourth-order valence-electron chi connectivity index (χ4n) is 2.68.